The molecule has 3 aromatic rings. The maximum atomic E-state index is 13.4. The highest BCUT2D eigenvalue weighted by Crippen LogP contribution is 2.37. The third-order valence-electron chi connectivity index (χ3n) is 6.11. The van der Waals surface area contributed by atoms with Gasteiger partial charge in [-0.3, -0.25) is 19.8 Å². The molecular formula is C29H28N4O6. The van der Waals surface area contributed by atoms with Gasteiger partial charge in [-0.15, -0.1) is 0 Å². The predicted octanol–water partition coefficient (Wildman–Crippen LogP) is 5.30. The number of hydrogen-bond acceptors (Lipinski definition) is 6. The van der Waals surface area contributed by atoms with Gasteiger partial charge < -0.3 is 15.4 Å². The first-order valence-electron chi connectivity index (χ1n) is 12.5. The number of amides is 3. The molecule has 0 bridgehead atoms. The molecule has 10 nitrogen and oxygen atoms in total. The summed E-state index contributed by atoms with van der Waals surface area (Å²) in [5.41, 5.74) is 2.30. The molecule has 0 saturated carbocycles. The number of benzene rings is 3. The first kappa shape index (κ1) is 27.1. The Morgan fingerprint density at radius 3 is 2.46 bits per heavy atom. The van der Waals surface area contributed by atoms with E-state index in [2.05, 4.69) is 10.6 Å². The molecule has 0 saturated heterocycles. The second-order valence-electron chi connectivity index (χ2n) is 8.77. The van der Waals surface area contributed by atoms with E-state index < -0.39 is 22.8 Å². The first-order valence-corrected chi connectivity index (χ1v) is 12.5. The summed E-state index contributed by atoms with van der Waals surface area (Å²) >= 11 is 0. The van der Waals surface area contributed by atoms with Gasteiger partial charge in [-0.05, 0) is 42.7 Å². The van der Waals surface area contributed by atoms with Crippen LogP contribution in [0.1, 0.15) is 47.8 Å². The number of nitrogens with zero attached hydrogens (tertiary/aromatic N) is 2. The van der Waals surface area contributed by atoms with E-state index in [0.29, 0.717) is 35.5 Å². The van der Waals surface area contributed by atoms with E-state index in [1.165, 1.54) is 24.3 Å². The Bertz CT molecular complexity index is 1440. The van der Waals surface area contributed by atoms with E-state index in [4.69, 9.17) is 4.74 Å². The summed E-state index contributed by atoms with van der Waals surface area (Å²) in [6.07, 6.45) is 0.670. The average molecular weight is 529 g/mol. The van der Waals surface area contributed by atoms with Gasteiger partial charge in [0.05, 0.1) is 28.8 Å². The summed E-state index contributed by atoms with van der Waals surface area (Å²) in [7, 11) is 0. The van der Waals surface area contributed by atoms with Crippen LogP contribution in [0, 0.1) is 10.1 Å². The maximum Gasteiger partial charge on any atom is 0.338 e. The van der Waals surface area contributed by atoms with Crippen molar-refractivity contribution in [3.05, 3.63) is 111 Å². The molecule has 1 aliphatic rings. The van der Waals surface area contributed by atoms with Crippen LogP contribution in [0.2, 0.25) is 0 Å². The number of carbonyl (C=O) groups excluding carboxylic acids is 3. The van der Waals surface area contributed by atoms with Crippen LogP contribution < -0.4 is 10.6 Å². The fourth-order valence-electron chi connectivity index (χ4n) is 4.43. The van der Waals surface area contributed by atoms with Crippen LogP contribution in [-0.4, -0.2) is 40.9 Å². The van der Waals surface area contributed by atoms with Gasteiger partial charge in [-0.1, -0.05) is 55.5 Å². The van der Waals surface area contributed by atoms with Gasteiger partial charge in [0, 0.05) is 29.9 Å². The molecule has 0 radical (unpaired) electrons. The predicted molar refractivity (Wildman–Crippen MR) is 146 cm³/mol. The molecule has 39 heavy (non-hydrogen) atoms. The number of nitro benzene ring substituents is 1. The topological polar surface area (TPSA) is 131 Å². The zero-order valence-corrected chi connectivity index (χ0v) is 21.5. The first-order chi connectivity index (χ1) is 18.8. The van der Waals surface area contributed by atoms with Gasteiger partial charge in [-0.2, -0.15) is 0 Å². The summed E-state index contributed by atoms with van der Waals surface area (Å²) in [5.74, 6) is -1.10. The number of nitrogens with one attached hydrogen (secondary N) is 2. The smallest absolute Gasteiger partial charge is 0.338 e. The van der Waals surface area contributed by atoms with Gasteiger partial charge >= 0.3 is 12.0 Å². The maximum absolute atomic E-state index is 13.4. The quantitative estimate of drug-likeness (QED) is 0.220. The van der Waals surface area contributed by atoms with Crippen LogP contribution in [0.5, 0.6) is 0 Å². The standard InChI is InChI=1S/C29H28N4O6/c1-3-16-32-26(19-10-6-5-7-11-19)24(28(35)39-4-2)25(31-29(32)36)20-12-8-14-22(17-20)30-27(34)21-13-9-15-23(18-21)33(37)38/h5-15,17-18,25H,3-4,16H2,1-2H3,(H,30,34)(H,31,36). The van der Waals surface area contributed by atoms with Crippen molar-refractivity contribution in [1.29, 1.82) is 0 Å². The summed E-state index contributed by atoms with van der Waals surface area (Å²) in [6, 6.07) is 20.1. The van der Waals surface area contributed by atoms with Crippen LogP contribution in [0.3, 0.4) is 0 Å². The van der Waals surface area contributed by atoms with Crippen molar-refractivity contribution in [2.75, 3.05) is 18.5 Å². The number of hydrogen-bond donors (Lipinski definition) is 2. The van der Waals surface area contributed by atoms with Crippen molar-refractivity contribution in [2.24, 2.45) is 0 Å². The number of esters is 1. The Balaban J connectivity index is 1.77. The number of rotatable bonds is 9. The van der Waals surface area contributed by atoms with Crippen LogP contribution in [0.25, 0.3) is 5.70 Å². The number of non-ortho nitro benzene ring substituents is 1. The molecule has 3 aromatic carbocycles. The Labute approximate surface area is 225 Å². The van der Waals surface area contributed by atoms with Crippen LogP contribution in [0.4, 0.5) is 16.2 Å². The Hall–Kier alpha value is -4.99. The third-order valence-corrected chi connectivity index (χ3v) is 6.11. The van der Waals surface area contributed by atoms with Crippen molar-refractivity contribution >= 4 is 35.0 Å². The highest BCUT2D eigenvalue weighted by Gasteiger charge is 2.38. The molecule has 1 heterocycles. The van der Waals surface area contributed by atoms with Crippen LogP contribution >= 0.6 is 0 Å². The number of carbonyl (C=O) groups is 3. The van der Waals surface area contributed by atoms with Gasteiger partial charge in [0.1, 0.15) is 0 Å². The fraction of sp³-hybridized carbons (Fsp3) is 0.207. The lowest BCUT2D eigenvalue weighted by Gasteiger charge is -2.37. The number of urea groups is 1. The summed E-state index contributed by atoms with van der Waals surface area (Å²) in [5, 5.41) is 16.8. The Morgan fingerprint density at radius 2 is 1.77 bits per heavy atom. The molecule has 10 heteroatoms. The molecular weight excluding hydrogens is 500 g/mol. The normalized spacial score (nSPS) is 15.0. The summed E-state index contributed by atoms with van der Waals surface area (Å²) in [6.45, 7) is 4.20. The molecule has 1 aliphatic heterocycles. The molecule has 0 fully saturated rings. The average Bonchev–Trinajstić information content (AvgIpc) is 2.94. The van der Waals surface area contributed by atoms with Crippen molar-refractivity contribution in [3.8, 4) is 0 Å². The molecule has 4 rings (SSSR count). The summed E-state index contributed by atoms with van der Waals surface area (Å²) < 4.78 is 5.43. The molecule has 2 N–H and O–H groups in total. The Morgan fingerprint density at radius 1 is 1.03 bits per heavy atom. The second kappa shape index (κ2) is 12.0. The molecule has 200 valence electrons. The molecule has 0 aliphatic carbocycles. The van der Waals surface area contributed by atoms with Crippen molar-refractivity contribution in [2.45, 2.75) is 26.3 Å². The van der Waals surface area contributed by atoms with Crippen molar-refractivity contribution < 1.29 is 24.0 Å². The van der Waals surface area contributed by atoms with E-state index in [1.807, 2.05) is 37.3 Å². The molecule has 1 unspecified atom stereocenters. The minimum absolute atomic E-state index is 0.120. The van der Waals surface area contributed by atoms with E-state index in [1.54, 1.807) is 36.1 Å². The van der Waals surface area contributed by atoms with Gasteiger partial charge in [0.2, 0.25) is 0 Å². The highest BCUT2D eigenvalue weighted by atomic mass is 16.6. The Kier molecular flexibility index (Phi) is 8.35. The van der Waals surface area contributed by atoms with Gasteiger partial charge in [0.15, 0.2) is 0 Å². The number of anilines is 1. The minimum atomic E-state index is -0.852. The lowest BCUT2D eigenvalue weighted by atomic mass is 9.91. The van der Waals surface area contributed by atoms with Crippen molar-refractivity contribution in [1.82, 2.24) is 10.2 Å². The van der Waals surface area contributed by atoms with E-state index in [-0.39, 0.29) is 29.5 Å². The minimum Gasteiger partial charge on any atom is -0.463 e. The fourth-order valence-corrected chi connectivity index (χ4v) is 4.43. The van der Waals surface area contributed by atoms with Gasteiger partial charge in [0.25, 0.3) is 11.6 Å². The van der Waals surface area contributed by atoms with Gasteiger partial charge in [-0.25, -0.2) is 9.59 Å². The molecule has 3 amide bonds. The largest absolute Gasteiger partial charge is 0.463 e. The highest BCUT2D eigenvalue weighted by molar-refractivity contribution is 6.06. The molecule has 1 atom stereocenters. The van der Waals surface area contributed by atoms with Crippen LogP contribution in [0.15, 0.2) is 84.4 Å². The van der Waals surface area contributed by atoms with Crippen LogP contribution in [-0.2, 0) is 9.53 Å². The zero-order valence-electron chi connectivity index (χ0n) is 21.5. The van der Waals surface area contributed by atoms with E-state index in [0.717, 1.165) is 0 Å². The number of nitro groups is 1. The lowest BCUT2D eigenvalue weighted by molar-refractivity contribution is -0.384. The van der Waals surface area contributed by atoms with Crippen molar-refractivity contribution in [3.63, 3.8) is 0 Å². The third kappa shape index (κ3) is 5.96. The number of ether oxygens (including phenoxy) is 1. The molecule has 0 spiro atoms. The summed E-state index contributed by atoms with van der Waals surface area (Å²) in [4.78, 5) is 51.6. The SMILES string of the molecule is CCCN1C(=O)NC(c2cccc(NC(=O)c3cccc([N+](=O)[O-])c3)c2)C(C(=O)OCC)=C1c1ccccc1. The monoisotopic (exact) mass is 528 g/mol. The zero-order chi connectivity index (χ0) is 27.9. The molecule has 0 aromatic heterocycles. The van der Waals surface area contributed by atoms with E-state index in [9.17, 15) is 24.5 Å². The lowest BCUT2D eigenvalue weighted by Crippen LogP contribution is -2.48. The van der Waals surface area contributed by atoms with E-state index >= 15 is 0 Å². The second-order valence-corrected chi connectivity index (χ2v) is 8.77.